The lowest BCUT2D eigenvalue weighted by Gasteiger charge is -2.32. The molecule has 0 bridgehead atoms. The number of nitrogens with zero attached hydrogens (tertiary/aromatic N) is 2. The van der Waals surface area contributed by atoms with Crippen LogP contribution in [0.1, 0.15) is 38.5 Å². The molecule has 4 nitrogen and oxygen atoms in total. The first-order valence-corrected chi connectivity index (χ1v) is 8.70. The van der Waals surface area contributed by atoms with Gasteiger partial charge in [0.25, 0.3) is 0 Å². The van der Waals surface area contributed by atoms with Crippen LogP contribution in [-0.4, -0.2) is 74.4 Å². The predicted molar refractivity (Wildman–Crippen MR) is 82.1 cm³/mol. The van der Waals surface area contributed by atoms with Crippen LogP contribution in [0.15, 0.2) is 0 Å². The number of likely N-dealkylation sites (tertiary alicyclic amines) is 2. The maximum atomic E-state index is 6.03. The van der Waals surface area contributed by atoms with Crippen molar-refractivity contribution in [1.29, 1.82) is 0 Å². The van der Waals surface area contributed by atoms with Crippen LogP contribution < -0.4 is 5.32 Å². The second-order valence-electron chi connectivity index (χ2n) is 6.66. The molecule has 1 atom stereocenters. The van der Waals surface area contributed by atoms with Crippen molar-refractivity contribution in [3.8, 4) is 0 Å². The average Bonchev–Trinajstić information content (AvgIpc) is 2.98. The third-order valence-electron chi connectivity index (χ3n) is 5.20. The summed E-state index contributed by atoms with van der Waals surface area (Å²) >= 11 is 0. The minimum atomic E-state index is 0.511. The fraction of sp³-hybridized carbons (Fsp3) is 1.00. The summed E-state index contributed by atoms with van der Waals surface area (Å²) in [5.74, 6) is 0. The fourth-order valence-electron chi connectivity index (χ4n) is 3.91. The first-order valence-electron chi connectivity index (χ1n) is 8.70. The van der Waals surface area contributed by atoms with Gasteiger partial charge < -0.3 is 10.1 Å². The van der Waals surface area contributed by atoms with Crippen molar-refractivity contribution in [2.75, 3.05) is 52.4 Å². The van der Waals surface area contributed by atoms with E-state index in [1.807, 2.05) is 0 Å². The van der Waals surface area contributed by atoms with E-state index in [0.29, 0.717) is 6.10 Å². The van der Waals surface area contributed by atoms with Crippen LogP contribution in [0, 0.1) is 0 Å². The van der Waals surface area contributed by atoms with Gasteiger partial charge in [-0.3, -0.25) is 9.80 Å². The molecule has 0 radical (unpaired) electrons. The smallest absolute Gasteiger partial charge is 0.0600 e. The lowest BCUT2D eigenvalue weighted by molar-refractivity contribution is 0.0219. The molecule has 3 aliphatic heterocycles. The van der Waals surface area contributed by atoms with E-state index in [-0.39, 0.29) is 0 Å². The van der Waals surface area contributed by atoms with E-state index in [0.717, 1.165) is 32.3 Å². The highest BCUT2D eigenvalue weighted by molar-refractivity contribution is 4.84. The van der Waals surface area contributed by atoms with Crippen molar-refractivity contribution in [2.24, 2.45) is 0 Å². The Balaban J connectivity index is 1.31. The summed E-state index contributed by atoms with van der Waals surface area (Å²) in [6.45, 7) is 9.54. The Hall–Kier alpha value is -0.160. The Morgan fingerprint density at radius 2 is 1.75 bits per heavy atom. The number of hydrogen-bond acceptors (Lipinski definition) is 4. The zero-order chi connectivity index (χ0) is 13.6. The number of rotatable bonds is 5. The standard InChI is InChI=1S/C16H31N3O/c1-2-9-19(10-3-1)15-6-11-18(14-15)12-13-20-16-4-7-17-8-5-16/h15-17H,1-14H2. The normalized spacial score (nSPS) is 30.9. The molecule has 3 rings (SSSR count). The molecule has 3 saturated heterocycles. The van der Waals surface area contributed by atoms with Crippen molar-refractivity contribution >= 4 is 0 Å². The molecule has 3 aliphatic rings. The predicted octanol–water partition coefficient (Wildman–Crippen LogP) is 1.32. The van der Waals surface area contributed by atoms with Gasteiger partial charge in [-0.25, -0.2) is 0 Å². The highest BCUT2D eigenvalue weighted by atomic mass is 16.5. The zero-order valence-corrected chi connectivity index (χ0v) is 12.9. The first-order chi connectivity index (χ1) is 9.92. The van der Waals surface area contributed by atoms with Crippen molar-refractivity contribution in [3.05, 3.63) is 0 Å². The van der Waals surface area contributed by atoms with Gasteiger partial charge in [0.05, 0.1) is 12.7 Å². The third-order valence-corrected chi connectivity index (χ3v) is 5.20. The summed E-state index contributed by atoms with van der Waals surface area (Å²) in [5.41, 5.74) is 0. The van der Waals surface area contributed by atoms with Gasteiger partial charge in [0, 0.05) is 19.1 Å². The number of hydrogen-bond donors (Lipinski definition) is 1. The summed E-state index contributed by atoms with van der Waals surface area (Å²) in [7, 11) is 0. The Kier molecular flexibility index (Phi) is 5.71. The molecule has 0 aromatic rings. The molecule has 1 N–H and O–H groups in total. The monoisotopic (exact) mass is 281 g/mol. The quantitative estimate of drug-likeness (QED) is 0.822. The number of piperidine rings is 2. The molecule has 4 heteroatoms. The van der Waals surface area contributed by atoms with Crippen LogP contribution in [-0.2, 0) is 4.74 Å². The lowest BCUT2D eigenvalue weighted by Crippen LogP contribution is -2.41. The second kappa shape index (κ2) is 7.74. The molecule has 0 amide bonds. The van der Waals surface area contributed by atoms with Crippen LogP contribution in [0.25, 0.3) is 0 Å². The van der Waals surface area contributed by atoms with Gasteiger partial charge in [0.15, 0.2) is 0 Å². The van der Waals surface area contributed by atoms with Crippen LogP contribution in [0.5, 0.6) is 0 Å². The van der Waals surface area contributed by atoms with Gasteiger partial charge in [-0.05, 0) is 64.8 Å². The average molecular weight is 281 g/mol. The zero-order valence-electron chi connectivity index (χ0n) is 12.9. The second-order valence-corrected chi connectivity index (χ2v) is 6.66. The van der Waals surface area contributed by atoms with E-state index in [1.165, 1.54) is 64.7 Å². The molecule has 20 heavy (non-hydrogen) atoms. The SMILES string of the molecule is C1CCN(C2CCN(CCOC3CCNCC3)C2)CC1. The maximum Gasteiger partial charge on any atom is 0.0600 e. The van der Waals surface area contributed by atoms with E-state index in [2.05, 4.69) is 15.1 Å². The van der Waals surface area contributed by atoms with Gasteiger partial charge in [-0.1, -0.05) is 6.42 Å². The molecule has 1 unspecified atom stereocenters. The van der Waals surface area contributed by atoms with Gasteiger partial charge in [-0.15, -0.1) is 0 Å². The highest BCUT2D eigenvalue weighted by Gasteiger charge is 2.28. The number of nitrogens with one attached hydrogen (secondary N) is 1. The molecular formula is C16H31N3O. The molecule has 0 aliphatic carbocycles. The van der Waals surface area contributed by atoms with E-state index in [1.54, 1.807) is 0 Å². The summed E-state index contributed by atoms with van der Waals surface area (Å²) in [6.07, 6.45) is 8.53. The fourth-order valence-corrected chi connectivity index (χ4v) is 3.91. The first kappa shape index (κ1) is 14.8. The minimum Gasteiger partial charge on any atom is -0.377 e. The number of ether oxygens (including phenoxy) is 1. The van der Waals surface area contributed by atoms with E-state index in [9.17, 15) is 0 Å². The van der Waals surface area contributed by atoms with Crippen LogP contribution >= 0.6 is 0 Å². The Morgan fingerprint density at radius 3 is 2.55 bits per heavy atom. The molecular weight excluding hydrogens is 250 g/mol. The molecule has 0 spiro atoms. The van der Waals surface area contributed by atoms with Gasteiger partial charge in [-0.2, -0.15) is 0 Å². The molecule has 3 heterocycles. The summed E-state index contributed by atoms with van der Waals surface area (Å²) < 4.78 is 6.03. The Morgan fingerprint density at radius 1 is 0.950 bits per heavy atom. The summed E-state index contributed by atoms with van der Waals surface area (Å²) in [6, 6.07) is 0.828. The molecule has 3 fully saturated rings. The molecule has 0 aromatic heterocycles. The third kappa shape index (κ3) is 4.17. The van der Waals surface area contributed by atoms with Crippen molar-refractivity contribution in [1.82, 2.24) is 15.1 Å². The van der Waals surface area contributed by atoms with E-state index in [4.69, 9.17) is 4.74 Å². The highest BCUT2D eigenvalue weighted by Crippen LogP contribution is 2.20. The van der Waals surface area contributed by atoms with Gasteiger partial charge in [0.2, 0.25) is 0 Å². The maximum absolute atomic E-state index is 6.03. The molecule has 0 saturated carbocycles. The van der Waals surface area contributed by atoms with E-state index >= 15 is 0 Å². The summed E-state index contributed by atoms with van der Waals surface area (Å²) in [5, 5.41) is 3.39. The molecule has 116 valence electrons. The van der Waals surface area contributed by atoms with Crippen LogP contribution in [0.3, 0.4) is 0 Å². The molecule has 0 aromatic carbocycles. The van der Waals surface area contributed by atoms with Crippen molar-refractivity contribution in [3.63, 3.8) is 0 Å². The van der Waals surface area contributed by atoms with Crippen molar-refractivity contribution < 1.29 is 4.74 Å². The van der Waals surface area contributed by atoms with Gasteiger partial charge >= 0.3 is 0 Å². The lowest BCUT2D eigenvalue weighted by atomic mass is 10.1. The summed E-state index contributed by atoms with van der Waals surface area (Å²) in [4.78, 5) is 5.34. The van der Waals surface area contributed by atoms with Gasteiger partial charge in [0.1, 0.15) is 0 Å². The largest absolute Gasteiger partial charge is 0.377 e. The van der Waals surface area contributed by atoms with Crippen LogP contribution in [0.2, 0.25) is 0 Å². The topological polar surface area (TPSA) is 27.7 Å². The van der Waals surface area contributed by atoms with E-state index < -0.39 is 0 Å². The Labute approximate surface area is 123 Å². The van der Waals surface area contributed by atoms with Crippen LogP contribution in [0.4, 0.5) is 0 Å². The Bertz CT molecular complexity index is 275. The van der Waals surface area contributed by atoms with Crippen molar-refractivity contribution in [2.45, 2.75) is 50.7 Å². The minimum absolute atomic E-state index is 0.511.